The molecule has 0 aliphatic carbocycles. The van der Waals surface area contributed by atoms with Crippen molar-refractivity contribution in [3.63, 3.8) is 0 Å². The number of nitrogens with zero attached hydrogens (tertiary/aromatic N) is 4. The largest absolute Gasteiger partial charge is 0.493 e. The number of ether oxygens (including phenoxy) is 2. The van der Waals surface area contributed by atoms with Crippen LogP contribution in [0.3, 0.4) is 0 Å². The molecule has 43 heavy (non-hydrogen) atoms. The van der Waals surface area contributed by atoms with E-state index in [1.165, 1.54) is 19.5 Å². The number of hydrogen-bond donors (Lipinski definition) is 2. The maximum atomic E-state index is 12.3. The average molecular weight is 775 g/mol. The standard InChI is InChI=1S/C28H30Cl2N5O3P.CH5INP/c1-17(25-21(29)12-33-13-22(25)30)38-24-9-18(6-7-23(24)37-3)26(32)20-8-19(10-31)27(34-11-20)35-14-28(2,15-35)16-39(4,5)36;1-3-4-2/h6-9,11-13,17,32H,14-16H2,1-5H3;3-4H,1H3/t17-;/m1./s1. The first-order chi connectivity index (χ1) is 20.3. The van der Waals surface area contributed by atoms with Crippen molar-refractivity contribution >= 4 is 70.3 Å². The van der Waals surface area contributed by atoms with E-state index in [0.29, 0.717) is 68.9 Å². The number of hydrogen-bond acceptors (Lipinski definition) is 9. The van der Waals surface area contributed by atoms with E-state index in [1.807, 2.05) is 18.9 Å². The first kappa shape index (κ1) is 35.5. The van der Waals surface area contributed by atoms with E-state index in [-0.39, 0.29) is 11.1 Å². The zero-order valence-electron chi connectivity index (χ0n) is 24.8. The molecule has 2 atom stereocenters. The fraction of sp³-hybridized carbons (Fsp3) is 0.379. The Morgan fingerprint density at radius 3 is 2.40 bits per heavy atom. The van der Waals surface area contributed by atoms with Crippen LogP contribution in [-0.2, 0) is 4.57 Å². The van der Waals surface area contributed by atoms with Gasteiger partial charge in [0.1, 0.15) is 18.0 Å². The summed E-state index contributed by atoms with van der Waals surface area (Å²) in [5, 5.41) is 22.4. The molecule has 2 N–H and O–H groups in total. The molecule has 0 radical (unpaired) electrons. The van der Waals surface area contributed by atoms with Gasteiger partial charge in [0, 0.05) is 66.3 Å². The molecule has 1 aliphatic heterocycles. The molecule has 3 aromatic rings. The van der Waals surface area contributed by atoms with Crippen LogP contribution in [0.1, 0.15) is 42.2 Å². The van der Waals surface area contributed by atoms with Crippen LogP contribution in [0.25, 0.3) is 0 Å². The number of nitrogens with one attached hydrogen (secondary N) is 2. The molecule has 4 rings (SSSR count). The molecule has 1 aliphatic rings. The normalized spacial score (nSPS) is 14.7. The highest BCUT2D eigenvalue weighted by molar-refractivity contribution is 14.2. The van der Waals surface area contributed by atoms with Crippen LogP contribution in [-0.4, -0.2) is 62.4 Å². The van der Waals surface area contributed by atoms with Gasteiger partial charge < -0.3 is 18.9 Å². The number of methoxy groups -OCH3 is 1. The molecule has 2 aromatic heterocycles. The van der Waals surface area contributed by atoms with Gasteiger partial charge in [0.25, 0.3) is 0 Å². The van der Waals surface area contributed by atoms with Crippen LogP contribution in [0, 0.1) is 22.2 Å². The van der Waals surface area contributed by atoms with Crippen molar-refractivity contribution in [2.24, 2.45) is 5.41 Å². The second kappa shape index (κ2) is 15.3. The number of aromatic nitrogens is 2. The van der Waals surface area contributed by atoms with E-state index in [4.69, 9.17) is 38.1 Å². The first-order valence-corrected chi connectivity index (χ1v) is 20.9. The number of nitriles is 1. The molecule has 0 saturated carbocycles. The van der Waals surface area contributed by atoms with Crippen molar-refractivity contribution in [1.29, 1.82) is 10.7 Å². The lowest BCUT2D eigenvalue weighted by Gasteiger charge is -2.49. The SMILES string of the molecule is CNPI.COc1ccc(C(=N)c2cnc(N3CC(C)(CP(C)(C)=O)C3)c(C#N)c2)cc1O[C@H](C)c1c(Cl)cncc1Cl. The lowest BCUT2D eigenvalue weighted by molar-refractivity contribution is 0.216. The summed E-state index contributed by atoms with van der Waals surface area (Å²) in [7, 11) is 1.31. The zero-order chi connectivity index (χ0) is 31.9. The Hall–Kier alpha value is -1.99. The fourth-order valence-electron chi connectivity index (χ4n) is 5.12. The van der Waals surface area contributed by atoms with Gasteiger partial charge in [0.05, 0.1) is 35.6 Å². The van der Waals surface area contributed by atoms with Gasteiger partial charge in [-0.05, 0) is 73.6 Å². The molecule has 1 aromatic carbocycles. The Labute approximate surface area is 278 Å². The molecule has 3 heterocycles. The predicted octanol–water partition coefficient (Wildman–Crippen LogP) is 7.82. The molecule has 1 fully saturated rings. The zero-order valence-corrected chi connectivity index (χ0v) is 30.4. The van der Waals surface area contributed by atoms with Crippen LogP contribution in [0.2, 0.25) is 10.0 Å². The van der Waals surface area contributed by atoms with Gasteiger partial charge in [0.15, 0.2) is 11.5 Å². The smallest absolute Gasteiger partial charge is 0.162 e. The molecular weight excluding hydrogens is 740 g/mol. The maximum Gasteiger partial charge on any atom is 0.162 e. The van der Waals surface area contributed by atoms with Gasteiger partial charge in [-0.15, -0.1) is 0 Å². The van der Waals surface area contributed by atoms with Gasteiger partial charge in [0.2, 0.25) is 0 Å². The average Bonchev–Trinajstić information content (AvgIpc) is 2.94. The van der Waals surface area contributed by atoms with Crippen LogP contribution in [0.15, 0.2) is 42.9 Å². The summed E-state index contributed by atoms with van der Waals surface area (Å²) >= 11 is 14.9. The summed E-state index contributed by atoms with van der Waals surface area (Å²) in [6.07, 6.45) is 5.60. The quantitative estimate of drug-likeness (QED) is 0.122. The highest BCUT2D eigenvalue weighted by Gasteiger charge is 2.42. The van der Waals surface area contributed by atoms with Crippen LogP contribution < -0.4 is 19.5 Å². The highest BCUT2D eigenvalue weighted by atomic mass is 127. The minimum atomic E-state index is -2.16. The summed E-state index contributed by atoms with van der Waals surface area (Å²) < 4.78 is 24.0. The number of halogens is 3. The van der Waals surface area contributed by atoms with E-state index < -0.39 is 13.2 Å². The van der Waals surface area contributed by atoms with E-state index in [2.05, 4.69) is 50.1 Å². The highest BCUT2D eigenvalue weighted by Crippen LogP contribution is 2.47. The molecular formula is C29H35Cl2IN6O3P2. The lowest BCUT2D eigenvalue weighted by Crippen LogP contribution is -2.57. The summed E-state index contributed by atoms with van der Waals surface area (Å²) in [5.74, 6) is 1.47. The number of anilines is 1. The van der Waals surface area contributed by atoms with E-state index in [1.54, 1.807) is 43.8 Å². The lowest BCUT2D eigenvalue weighted by atomic mass is 9.84. The fourth-order valence-corrected chi connectivity index (χ4v) is 7.83. The maximum absolute atomic E-state index is 12.3. The molecule has 14 heteroatoms. The van der Waals surface area contributed by atoms with Crippen molar-refractivity contribution in [2.75, 3.05) is 51.6 Å². The summed E-state index contributed by atoms with van der Waals surface area (Å²) in [6, 6.07) is 9.07. The van der Waals surface area contributed by atoms with Gasteiger partial charge in [-0.1, -0.05) is 30.1 Å². The van der Waals surface area contributed by atoms with Crippen molar-refractivity contribution in [3.05, 3.63) is 75.2 Å². The third-order valence-corrected chi connectivity index (χ3v) is 10.6. The van der Waals surface area contributed by atoms with E-state index >= 15 is 0 Å². The topological polar surface area (TPSA) is 124 Å². The Morgan fingerprint density at radius 2 is 1.86 bits per heavy atom. The molecule has 1 unspecified atom stereocenters. The summed E-state index contributed by atoms with van der Waals surface area (Å²) in [4.78, 5) is 10.6. The number of rotatable bonds is 10. The van der Waals surface area contributed by atoms with Gasteiger partial charge in [-0.25, -0.2) is 4.98 Å². The van der Waals surface area contributed by atoms with E-state index in [9.17, 15) is 9.83 Å². The van der Waals surface area contributed by atoms with Crippen LogP contribution in [0.4, 0.5) is 5.82 Å². The summed E-state index contributed by atoms with van der Waals surface area (Å²) in [5.41, 5.74) is 2.14. The van der Waals surface area contributed by atoms with Gasteiger partial charge >= 0.3 is 0 Å². The van der Waals surface area contributed by atoms with Crippen LogP contribution in [0.5, 0.6) is 11.5 Å². The molecule has 0 amide bonds. The molecule has 1 saturated heterocycles. The molecule has 9 nitrogen and oxygen atoms in total. The number of benzene rings is 1. The van der Waals surface area contributed by atoms with Crippen molar-refractivity contribution in [3.8, 4) is 17.6 Å². The van der Waals surface area contributed by atoms with Gasteiger partial charge in [-0.2, -0.15) is 5.26 Å². The summed E-state index contributed by atoms with van der Waals surface area (Å²) in [6.45, 7) is 8.90. The third-order valence-electron chi connectivity index (χ3n) is 6.63. The Morgan fingerprint density at radius 1 is 1.23 bits per heavy atom. The van der Waals surface area contributed by atoms with Crippen LogP contribution >= 0.6 is 58.8 Å². The molecule has 230 valence electrons. The minimum absolute atomic E-state index is 0.0693. The third kappa shape index (κ3) is 9.26. The Balaban J connectivity index is 0.00000119. The monoisotopic (exact) mass is 774 g/mol. The van der Waals surface area contributed by atoms with Gasteiger partial charge in [-0.3, -0.25) is 15.5 Å². The molecule has 0 bridgehead atoms. The first-order valence-electron chi connectivity index (χ1n) is 13.2. The Bertz CT molecular complexity index is 1540. The van der Waals surface area contributed by atoms with Crippen molar-refractivity contribution < 1.29 is 14.0 Å². The molecule has 0 spiro atoms. The predicted molar refractivity (Wildman–Crippen MR) is 187 cm³/mol. The van der Waals surface area contributed by atoms with E-state index in [0.717, 1.165) is 6.37 Å². The minimum Gasteiger partial charge on any atom is -0.493 e. The number of pyridine rings is 2. The second-order valence-corrected chi connectivity index (χ2v) is 17.6. The van der Waals surface area contributed by atoms with Crippen molar-refractivity contribution in [1.82, 2.24) is 15.1 Å². The van der Waals surface area contributed by atoms with Crippen molar-refractivity contribution in [2.45, 2.75) is 20.0 Å². The second-order valence-electron chi connectivity index (χ2n) is 11.0. The Kier molecular flexibility index (Phi) is 12.7.